The Hall–Kier alpha value is -7.63. The van der Waals surface area contributed by atoms with E-state index in [0.29, 0.717) is 17.5 Å². The van der Waals surface area contributed by atoms with E-state index in [-0.39, 0.29) is 5.41 Å². The van der Waals surface area contributed by atoms with Crippen LogP contribution in [-0.2, 0) is 5.41 Å². The summed E-state index contributed by atoms with van der Waals surface area (Å²) in [5, 5.41) is 2.12. The molecule has 0 spiro atoms. The Labute approximate surface area is 342 Å². The van der Waals surface area contributed by atoms with Gasteiger partial charge in [-0.3, -0.25) is 0 Å². The second-order valence-electron chi connectivity index (χ2n) is 15.7. The molecular formula is C54H38N4O. The quantitative estimate of drug-likeness (QED) is 0.162. The van der Waals surface area contributed by atoms with Gasteiger partial charge in [0, 0.05) is 49.9 Å². The molecule has 5 nitrogen and oxygen atoms in total. The average Bonchev–Trinajstić information content (AvgIpc) is 3.79. The van der Waals surface area contributed by atoms with E-state index in [2.05, 4.69) is 140 Å². The molecule has 2 aromatic heterocycles. The normalized spacial score (nSPS) is 12.7. The monoisotopic (exact) mass is 758 g/mol. The molecule has 0 unspecified atom stereocenters. The highest BCUT2D eigenvalue weighted by atomic mass is 16.3. The van der Waals surface area contributed by atoms with Crippen molar-refractivity contribution < 1.29 is 4.42 Å². The van der Waals surface area contributed by atoms with Crippen LogP contribution in [0.3, 0.4) is 0 Å². The summed E-state index contributed by atoms with van der Waals surface area (Å²) in [4.78, 5) is 17.4. The Morgan fingerprint density at radius 2 is 0.932 bits per heavy atom. The van der Waals surface area contributed by atoms with Crippen molar-refractivity contribution in [1.29, 1.82) is 0 Å². The lowest BCUT2D eigenvalue weighted by molar-refractivity contribution is 0.660. The first-order valence-corrected chi connectivity index (χ1v) is 20.0. The standard InChI is InChI=1S/C54H38N4O/c1-54(2)46-24-14-12-22-42(46)43-31-30-41(34-47(43)54)58(39-20-10-5-11-21-39)40-28-26-35(27-29-40)45-32-38(33-49-50(45)44-23-13-15-25-48(44)59-49)53-56-51(36-16-6-3-7-17-36)55-52(57-53)37-18-8-4-9-19-37/h3-34H,1-2H3. The summed E-state index contributed by atoms with van der Waals surface area (Å²) in [6.45, 7) is 4.67. The first kappa shape index (κ1) is 34.6. The third-order valence-corrected chi connectivity index (χ3v) is 11.7. The molecule has 0 N–H and O–H groups in total. The highest BCUT2D eigenvalue weighted by Gasteiger charge is 2.35. The molecule has 10 aromatic rings. The molecular weight excluding hydrogens is 721 g/mol. The van der Waals surface area contributed by atoms with Gasteiger partial charge in [0.2, 0.25) is 0 Å². The van der Waals surface area contributed by atoms with Crippen LogP contribution in [0.2, 0.25) is 0 Å². The Morgan fingerprint density at radius 3 is 1.63 bits per heavy atom. The number of anilines is 3. The number of benzene rings is 8. The summed E-state index contributed by atoms with van der Waals surface area (Å²) in [6.07, 6.45) is 0. The third-order valence-electron chi connectivity index (χ3n) is 11.7. The van der Waals surface area contributed by atoms with Gasteiger partial charge in [0.05, 0.1) is 0 Å². The number of rotatable bonds is 7. The molecule has 280 valence electrons. The van der Waals surface area contributed by atoms with Gasteiger partial charge in [-0.25, -0.2) is 15.0 Å². The molecule has 0 saturated carbocycles. The van der Waals surface area contributed by atoms with Crippen LogP contribution in [-0.4, -0.2) is 15.0 Å². The van der Waals surface area contributed by atoms with Crippen LogP contribution < -0.4 is 4.90 Å². The molecule has 0 radical (unpaired) electrons. The Kier molecular flexibility index (Phi) is 8.09. The van der Waals surface area contributed by atoms with Gasteiger partial charge in [-0.05, 0) is 88.0 Å². The number of hydrogen-bond donors (Lipinski definition) is 0. The van der Waals surface area contributed by atoms with Crippen LogP contribution >= 0.6 is 0 Å². The van der Waals surface area contributed by atoms with Crippen LogP contribution in [0.15, 0.2) is 199 Å². The van der Waals surface area contributed by atoms with Gasteiger partial charge in [-0.1, -0.05) is 153 Å². The number of hydrogen-bond acceptors (Lipinski definition) is 5. The van der Waals surface area contributed by atoms with Crippen molar-refractivity contribution in [2.45, 2.75) is 19.3 Å². The van der Waals surface area contributed by atoms with Crippen molar-refractivity contribution >= 4 is 39.0 Å². The number of aromatic nitrogens is 3. The Bertz CT molecular complexity index is 3120. The van der Waals surface area contributed by atoms with Crippen LogP contribution in [0.5, 0.6) is 0 Å². The van der Waals surface area contributed by atoms with E-state index in [1.807, 2.05) is 72.8 Å². The summed E-state index contributed by atoms with van der Waals surface area (Å²) in [5.74, 6) is 1.81. The Balaban J connectivity index is 1.06. The van der Waals surface area contributed by atoms with Crippen LogP contribution in [0.1, 0.15) is 25.0 Å². The molecule has 8 aromatic carbocycles. The minimum atomic E-state index is -0.111. The van der Waals surface area contributed by atoms with E-state index in [1.54, 1.807) is 0 Å². The van der Waals surface area contributed by atoms with E-state index in [9.17, 15) is 0 Å². The lowest BCUT2D eigenvalue weighted by Crippen LogP contribution is -2.16. The van der Waals surface area contributed by atoms with Gasteiger partial charge < -0.3 is 9.32 Å². The van der Waals surface area contributed by atoms with Gasteiger partial charge in [0.25, 0.3) is 0 Å². The molecule has 0 saturated heterocycles. The molecule has 1 aliphatic carbocycles. The fourth-order valence-corrected chi connectivity index (χ4v) is 8.79. The van der Waals surface area contributed by atoms with Crippen molar-refractivity contribution in [3.8, 4) is 56.4 Å². The zero-order valence-electron chi connectivity index (χ0n) is 32.7. The van der Waals surface area contributed by atoms with Crippen LogP contribution in [0.25, 0.3) is 78.4 Å². The zero-order chi connectivity index (χ0) is 39.5. The zero-order valence-corrected chi connectivity index (χ0v) is 32.7. The third kappa shape index (κ3) is 5.90. The highest BCUT2D eigenvalue weighted by Crippen LogP contribution is 2.51. The Morgan fingerprint density at radius 1 is 0.390 bits per heavy atom. The molecule has 0 aliphatic heterocycles. The maximum atomic E-state index is 6.58. The SMILES string of the molecule is CC1(C)c2ccccc2-c2ccc(N(c3ccccc3)c3ccc(-c4cc(-c5nc(-c6ccccc6)nc(-c6ccccc6)n5)cc5oc6ccccc6c45)cc3)cc21. The summed E-state index contributed by atoms with van der Waals surface area (Å²) in [5.41, 5.74) is 14.9. The summed E-state index contributed by atoms with van der Waals surface area (Å²) < 4.78 is 6.58. The van der Waals surface area contributed by atoms with Gasteiger partial charge in [0.15, 0.2) is 17.5 Å². The van der Waals surface area contributed by atoms with E-state index >= 15 is 0 Å². The fourth-order valence-electron chi connectivity index (χ4n) is 8.79. The van der Waals surface area contributed by atoms with Gasteiger partial charge >= 0.3 is 0 Å². The molecule has 0 fully saturated rings. The number of nitrogens with zero attached hydrogens (tertiary/aromatic N) is 4. The lowest BCUT2D eigenvalue weighted by atomic mass is 9.82. The maximum Gasteiger partial charge on any atom is 0.164 e. The first-order valence-electron chi connectivity index (χ1n) is 20.0. The molecule has 1 aliphatic rings. The van der Waals surface area contributed by atoms with Crippen molar-refractivity contribution in [3.05, 3.63) is 205 Å². The van der Waals surface area contributed by atoms with Crippen molar-refractivity contribution in [3.63, 3.8) is 0 Å². The van der Waals surface area contributed by atoms with E-state index in [1.165, 1.54) is 22.3 Å². The molecule has 5 heteroatoms. The van der Waals surface area contributed by atoms with Gasteiger partial charge in [-0.2, -0.15) is 0 Å². The lowest BCUT2D eigenvalue weighted by Gasteiger charge is -2.28. The summed E-state index contributed by atoms with van der Waals surface area (Å²) in [6, 6.07) is 67.9. The topological polar surface area (TPSA) is 55.1 Å². The largest absolute Gasteiger partial charge is 0.456 e. The smallest absolute Gasteiger partial charge is 0.164 e. The molecule has 11 rings (SSSR count). The molecule has 59 heavy (non-hydrogen) atoms. The summed E-state index contributed by atoms with van der Waals surface area (Å²) >= 11 is 0. The van der Waals surface area contributed by atoms with Gasteiger partial charge in [-0.15, -0.1) is 0 Å². The molecule has 0 amide bonds. The molecule has 0 atom stereocenters. The maximum absolute atomic E-state index is 6.58. The minimum Gasteiger partial charge on any atom is -0.456 e. The van der Waals surface area contributed by atoms with Crippen molar-refractivity contribution in [2.75, 3.05) is 4.90 Å². The fraction of sp³-hybridized carbons (Fsp3) is 0.0556. The predicted molar refractivity (Wildman–Crippen MR) is 241 cm³/mol. The number of para-hydroxylation sites is 2. The second-order valence-corrected chi connectivity index (χ2v) is 15.7. The minimum absolute atomic E-state index is 0.111. The van der Waals surface area contributed by atoms with Gasteiger partial charge in [0.1, 0.15) is 11.2 Å². The second kappa shape index (κ2) is 13.8. The predicted octanol–water partition coefficient (Wildman–Crippen LogP) is 14.2. The highest BCUT2D eigenvalue weighted by molar-refractivity contribution is 6.13. The molecule has 2 heterocycles. The number of furan rings is 1. The van der Waals surface area contributed by atoms with Crippen molar-refractivity contribution in [1.82, 2.24) is 15.0 Å². The van der Waals surface area contributed by atoms with E-state index < -0.39 is 0 Å². The number of fused-ring (bicyclic) bond motifs is 6. The van der Waals surface area contributed by atoms with E-state index in [4.69, 9.17) is 19.4 Å². The van der Waals surface area contributed by atoms with E-state index in [0.717, 1.165) is 66.8 Å². The first-order chi connectivity index (χ1) is 29.0. The summed E-state index contributed by atoms with van der Waals surface area (Å²) in [7, 11) is 0. The van der Waals surface area contributed by atoms with Crippen LogP contribution in [0, 0.1) is 0 Å². The molecule has 0 bridgehead atoms. The van der Waals surface area contributed by atoms with Crippen LogP contribution in [0.4, 0.5) is 17.1 Å². The average molecular weight is 759 g/mol. The van der Waals surface area contributed by atoms with Crippen molar-refractivity contribution in [2.24, 2.45) is 0 Å².